The van der Waals surface area contributed by atoms with Gasteiger partial charge in [-0.25, -0.2) is 0 Å². The first-order valence-corrected chi connectivity index (χ1v) is 5.28. The maximum absolute atomic E-state index is 5.43. The molecule has 0 bridgehead atoms. The lowest BCUT2D eigenvalue weighted by Gasteiger charge is -1.94. The molecule has 0 aliphatic rings. The van der Waals surface area contributed by atoms with Gasteiger partial charge in [0.1, 0.15) is 0 Å². The fraction of sp³-hybridized carbons (Fsp3) is 0. The van der Waals surface area contributed by atoms with Gasteiger partial charge in [-0.2, -0.15) is 0 Å². The first-order chi connectivity index (χ1) is 5.77. The van der Waals surface area contributed by atoms with Crippen molar-refractivity contribution >= 4 is 71.1 Å². The zero-order valence-corrected chi connectivity index (χ0v) is 8.39. The third kappa shape index (κ3) is 10.6. The molecule has 4 N–H and O–H groups in total. The number of rotatable bonds is 8. The molecule has 54 valence electrons. The Hall–Kier alpha value is 0.569. The molecule has 2 nitrogen and oxygen atoms in total. The monoisotopic (exact) mass is 152 g/mol. The molecule has 0 amide bonds. The molecule has 0 saturated heterocycles. The van der Waals surface area contributed by atoms with Crippen LogP contribution in [0, 0.1) is 0 Å². The van der Waals surface area contributed by atoms with Gasteiger partial charge in [-0.15, -0.1) is 0 Å². The predicted octanol–water partition coefficient (Wildman–Crippen LogP) is -7.67. The molecule has 0 aliphatic heterocycles. The van der Waals surface area contributed by atoms with Crippen LogP contribution in [0.25, 0.3) is 0 Å². The van der Waals surface area contributed by atoms with Crippen LogP contribution in [0.4, 0.5) is 0 Å². The lowest BCUT2D eigenvalue weighted by Crippen LogP contribution is -2.48. The Kier molecular flexibility index (Phi) is 10.1. The average Bonchev–Trinajstić information content (AvgIpc) is 2.02. The average molecular weight is 150 g/mol. The summed E-state index contributed by atoms with van der Waals surface area (Å²) in [5.74, 6) is 0. The van der Waals surface area contributed by atoms with Crippen molar-refractivity contribution in [1.82, 2.24) is 0 Å². The SMILES string of the molecule is BBBBBBBBBB(N)N. The van der Waals surface area contributed by atoms with Crippen LogP contribution in [0.5, 0.6) is 0 Å². The summed E-state index contributed by atoms with van der Waals surface area (Å²) in [6.45, 7) is -0.0966. The minimum Gasteiger partial charge on any atom is -0.363 e. The topological polar surface area (TPSA) is 52.0 Å². The maximum atomic E-state index is 5.43. The van der Waals surface area contributed by atoms with E-state index in [0.29, 0.717) is 0 Å². The van der Waals surface area contributed by atoms with E-state index in [4.69, 9.17) is 11.3 Å². The molecule has 0 aromatic heterocycles. The smallest absolute Gasteiger partial charge is 0.244 e. The van der Waals surface area contributed by atoms with Crippen LogP contribution in [0.1, 0.15) is 0 Å². The van der Waals surface area contributed by atoms with Crippen molar-refractivity contribution in [3.8, 4) is 0 Å². The molecule has 12 heteroatoms. The molecule has 0 aliphatic carbocycles. The van der Waals surface area contributed by atoms with Crippen molar-refractivity contribution in [2.24, 2.45) is 11.3 Å². The van der Waals surface area contributed by atoms with E-state index in [-0.39, 0.29) is 6.87 Å². The zero-order valence-electron chi connectivity index (χ0n) is 8.39. The molecule has 0 saturated carbocycles. The van der Waals surface area contributed by atoms with Gasteiger partial charge < -0.3 is 11.3 Å². The van der Waals surface area contributed by atoms with E-state index in [0.717, 1.165) is 7.06 Å². The van der Waals surface area contributed by atoms with E-state index in [1.54, 1.807) is 0 Å². The van der Waals surface area contributed by atoms with Crippen LogP contribution >= 0.6 is 0 Å². The second-order valence-corrected chi connectivity index (χ2v) is 3.57. The molecule has 0 fully saturated rings. The van der Waals surface area contributed by atoms with Crippen molar-refractivity contribution in [2.75, 3.05) is 0 Å². The third-order valence-corrected chi connectivity index (χ3v) is 2.14. The van der Waals surface area contributed by atoms with Gasteiger partial charge in [0, 0.05) is 49.4 Å². The Balaban J connectivity index is 2.82. The quantitative estimate of drug-likeness (QED) is 0.267. The lowest BCUT2D eigenvalue weighted by molar-refractivity contribution is 1.73. The highest BCUT2D eigenvalue weighted by Gasteiger charge is 2.04. The summed E-state index contributed by atoms with van der Waals surface area (Å²) in [5.41, 5.74) is 10.9. The lowest BCUT2D eigenvalue weighted by atomic mass is 8.89. The van der Waals surface area contributed by atoms with E-state index in [9.17, 15) is 0 Å². The van der Waals surface area contributed by atoms with E-state index in [2.05, 4.69) is 7.74 Å². The Morgan fingerprint density at radius 1 is 0.833 bits per heavy atom. The van der Waals surface area contributed by atoms with Gasteiger partial charge in [0.15, 0.2) is 0 Å². The van der Waals surface area contributed by atoms with Crippen molar-refractivity contribution < 1.29 is 0 Å². The third-order valence-electron chi connectivity index (χ3n) is 2.14. The Morgan fingerprint density at radius 3 is 1.83 bits per heavy atom. The van der Waals surface area contributed by atoms with Gasteiger partial charge in [-0.3, -0.25) is 0 Å². The van der Waals surface area contributed by atoms with Crippen LogP contribution in [-0.4, -0.2) is 71.1 Å². The molecule has 0 unspecified atom stereocenters. The highest BCUT2D eigenvalue weighted by molar-refractivity contribution is 7.69. The highest BCUT2D eigenvalue weighted by Crippen LogP contribution is 1.57. The van der Waals surface area contributed by atoms with E-state index in [1.807, 2.05) is 0 Å². The van der Waals surface area contributed by atoms with E-state index in [1.165, 1.54) is 49.4 Å². The van der Waals surface area contributed by atoms with Gasteiger partial charge in [0.05, 0.1) is 14.8 Å². The Bertz CT molecular complexity index is 81.9. The van der Waals surface area contributed by atoms with Crippen LogP contribution < -0.4 is 11.3 Å². The van der Waals surface area contributed by atoms with Gasteiger partial charge >= 0.3 is 0 Å². The number of nitrogens with two attached hydrogens (primary N) is 2. The number of hydrogen-bond donors (Lipinski definition) is 2. The van der Waals surface area contributed by atoms with Crippen LogP contribution in [0.3, 0.4) is 0 Å². The molecule has 0 aromatic carbocycles. The standard InChI is InChI=1S/B10H14N2/c1-2-3-4-5-6-7-8-9-10(11)12/h2-9H,1,11-12H2. The second-order valence-electron chi connectivity index (χ2n) is 3.57. The van der Waals surface area contributed by atoms with Gasteiger partial charge in [0.2, 0.25) is 6.87 Å². The molecule has 0 atom stereocenters. The van der Waals surface area contributed by atoms with E-state index >= 15 is 0 Å². The van der Waals surface area contributed by atoms with Crippen LogP contribution in [0.2, 0.25) is 0 Å². The molecule has 0 rings (SSSR count). The summed E-state index contributed by atoms with van der Waals surface area (Å²) < 4.78 is 0. The summed E-state index contributed by atoms with van der Waals surface area (Å²) in [4.78, 5) is 0. The van der Waals surface area contributed by atoms with Crippen LogP contribution in [-0.2, 0) is 0 Å². The highest BCUT2D eigenvalue weighted by atomic mass is 14.6. The minimum atomic E-state index is -0.0966. The van der Waals surface area contributed by atoms with Crippen molar-refractivity contribution in [3.05, 3.63) is 0 Å². The second kappa shape index (κ2) is 9.66. The van der Waals surface area contributed by atoms with Crippen molar-refractivity contribution in [1.29, 1.82) is 0 Å². The molecule has 12 heavy (non-hydrogen) atoms. The summed E-state index contributed by atoms with van der Waals surface area (Å²) in [6, 6.07) is 0. The van der Waals surface area contributed by atoms with Gasteiger partial charge in [-0.1, -0.05) is 0 Å². The minimum absolute atomic E-state index is 0.0966. The first-order valence-electron chi connectivity index (χ1n) is 5.28. The maximum Gasteiger partial charge on any atom is 0.244 e. The molecule has 0 spiro atoms. The molecule has 0 aromatic rings. The molecular weight excluding hydrogens is 136 g/mol. The van der Waals surface area contributed by atoms with Crippen molar-refractivity contribution in [3.63, 3.8) is 0 Å². The van der Waals surface area contributed by atoms with Gasteiger partial charge in [0.25, 0.3) is 0 Å². The largest absolute Gasteiger partial charge is 0.363 e. The Morgan fingerprint density at radius 2 is 1.33 bits per heavy atom. The molecule has 0 heterocycles. The molecular formula is H14B10N2. The predicted molar refractivity (Wildman–Crippen MR) is 79.9 cm³/mol. The summed E-state index contributed by atoms with van der Waals surface area (Å²) >= 11 is 0. The molecule has 0 radical (unpaired) electrons. The fourth-order valence-electron chi connectivity index (χ4n) is 1.34. The fourth-order valence-corrected chi connectivity index (χ4v) is 1.34. The normalized spacial score (nSPS) is 7.50. The first kappa shape index (κ1) is 12.6. The van der Waals surface area contributed by atoms with E-state index < -0.39 is 0 Å². The Labute approximate surface area is 82.8 Å². The van der Waals surface area contributed by atoms with Crippen LogP contribution in [0.15, 0.2) is 0 Å². The summed E-state index contributed by atoms with van der Waals surface area (Å²) in [5, 5.41) is 0. The summed E-state index contributed by atoms with van der Waals surface area (Å²) in [6.07, 6.45) is 0. The van der Waals surface area contributed by atoms with Gasteiger partial charge in [-0.05, 0) is 0 Å². The summed E-state index contributed by atoms with van der Waals surface area (Å²) in [7, 11) is 12.6. The van der Waals surface area contributed by atoms with Crippen molar-refractivity contribution in [2.45, 2.75) is 0 Å². The zero-order chi connectivity index (χ0) is 9.23. The number of hydrogen-bond acceptors (Lipinski definition) is 2.